The van der Waals surface area contributed by atoms with Crippen LogP contribution in [0.3, 0.4) is 0 Å². The molecule has 1 fully saturated rings. The number of likely N-dealkylation sites (tertiary alicyclic amines) is 1. The Morgan fingerprint density at radius 3 is 3.00 bits per heavy atom. The van der Waals surface area contributed by atoms with Gasteiger partial charge in [-0.2, -0.15) is 0 Å². The van der Waals surface area contributed by atoms with Gasteiger partial charge in [0.25, 0.3) is 0 Å². The van der Waals surface area contributed by atoms with Crippen molar-refractivity contribution in [1.82, 2.24) is 4.90 Å². The number of rotatable bonds is 3. The monoisotopic (exact) mass is 285 g/mol. The van der Waals surface area contributed by atoms with Gasteiger partial charge in [-0.3, -0.25) is 4.90 Å². The Morgan fingerprint density at radius 2 is 2.38 bits per heavy atom. The predicted molar refractivity (Wildman–Crippen MR) is 66.6 cm³/mol. The van der Waals surface area contributed by atoms with Gasteiger partial charge in [-0.1, -0.05) is 15.9 Å². The number of hydrogen-bond donors (Lipinski definition) is 1. The maximum absolute atomic E-state index is 9.47. The van der Waals surface area contributed by atoms with E-state index >= 15 is 0 Å². The van der Waals surface area contributed by atoms with Crippen molar-refractivity contribution >= 4 is 15.9 Å². The van der Waals surface area contributed by atoms with E-state index in [0.717, 1.165) is 36.3 Å². The maximum atomic E-state index is 9.47. The third-order valence-corrected chi connectivity index (χ3v) is 3.67. The Kier molecular flexibility index (Phi) is 3.84. The first kappa shape index (κ1) is 11.9. The highest BCUT2D eigenvalue weighted by Crippen LogP contribution is 2.25. The Labute approximate surface area is 104 Å². The van der Waals surface area contributed by atoms with Crippen molar-refractivity contribution in [3.63, 3.8) is 0 Å². The summed E-state index contributed by atoms with van der Waals surface area (Å²) in [6.45, 7) is 2.59. The highest BCUT2D eigenvalue weighted by Gasteiger charge is 2.20. The van der Waals surface area contributed by atoms with Crippen LogP contribution in [-0.4, -0.2) is 36.3 Å². The summed E-state index contributed by atoms with van der Waals surface area (Å²) in [6.07, 6.45) is 0.714. The van der Waals surface area contributed by atoms with Gasteiger partial charge >= 0.3 is 0 Å². The number of aliphatic hydroxyl groups is 1. The zero-order valence-corrected chi connectivity index (χ0v) is 10.9. The Bertz CT molecular complexity index is 370. The molecule has 1 aromatic rings. The minimum absolute atomic E-state index is 0.163. The van der Waals surface area contributed by atoms with Gasteiger partial charge in [-0.25, -0.2) is 0 Å². The third-order valence-electron chi connectivity index (χ3n) is 2.89. The lowest BCUT2D eigenvalue weighted by atomic mass is 10.2. The van der Waals surface area contributed by atoms with Crippen LogP contribution in [-0.2, 0) is 6.54 Å². The van der Waals surface area contributed by atoms with E-state index in [9.17, 15) is 5.11 Å². The van der Waals surface area contributed by atoms with Gasteiger partial charge in [0.05, 0.1) is 13.2 Å². The van der Waals surface area contributed by atoms with Crippen LogP contribution in [0.15, 0.2) is 22.7 Å². The van der Waals surface area contributed by atoms with Crippen LogP contribution >= 0.6 is 15.9 Å². The lowest BCUT2D eigenvalue weighted by molar-refractivity contribution is 0.174. The molecule has 0 spiro atoms. The molecule has 4 heteroatoms. The Morgan fingerprint density at radius 1 is 1.56 bits per heavy atom. The van der Waals surface area contributed by atoms with E-state index in [2.05, 4.69) is 20.8 Å². The molecule has 1 unspecified atom stereocenters. The van der Waals surface area contributed by atoms with Crippen molar-refractivity contribution in [2.75, 3.05) is 20.2 Å². The van der Waals surface area contributed by atoms with Gasteiger partial charge in [0.15, 0.2) is 0 Å². The average molecular weight is 286 g/mol. The first-order valence-corrected chi connectivity index (χ1v) is 6.21. The van der Waals surface area contributed by atoms with Crippen molar-refractivity contribution in [2.45, 2.75) is 19.1 Å². The standard InChI is InChI=1S/C12H16BrNO2/c1-16-11-2-3-12(13)9(6-11)7-14-5-4-10(15)8-14/h2-3,6,10,15H,4-5,7-8H2,1H3. The Hall–Kier alpha value is -0.580. The minimum atomic E-state index is -0.163. The molecule has 1 saturated heterocycles. The fourth-order valence-electron chi connectivity index (χ4n) is 2.00. The zero-order chi connectivity index (χ0) is 11.5. The third kappa shape index (κ3) is 2.75. The summed E-state index contributed by atoms with van der Waals surface area (Å²) in [6, 6.07) is 5.97. The lowest BCUT2D eigenvalue weighted by Gasteiger charge is -2.16. The normalized spacial score (nSPS) is 21.3. The molecule has 0 aliphatic carbocycles. The van der Waals surface area contributed by atoms with Gasteiger partial charge in [0, 0.05) is 24.1 Å². The summed E-state index contributed by atoms with van der Waals surface area (Å²) in [5.74, 6) is 0.873. The molecule has 3 nitrogen and oxygen atoms in total. The number of hydrogen-bond acceptors (Lipinski definition) is 3. The van der Waals surface area contributed by atoms with E-state index in [-0.39, 0.29) is 6.10 Å². The summed E-state index contributed by atoms with van der Waals surface area (Å²) in [5, 5.41) is 9.47. The largest absolute Gasteiger partial charge is 0.497 e. The molecule has 2 rings (SSSR count). The first-order valence-electron chi connectivity index (χ1n) is 5.42. The summed E-state index contributed by atoms with van der Waals surface area (Å²) in [7, 11) is 1.67. The maximum Gasteiger partial charge on any atom is 0.119 e. The zero-order valence-electron chi connectivity index (χ0n) is 9.32. The van der Waals surface area contributed by atoms with Crippen molar-refractivity contribution < 1.29 is 9.84 Å². The molecule has 1 heterocycles. The van der Waals surface area contributed by atoms with Gasteiger partial charge in [-0.05, 0) is 30.2 Å². The molecule has 0 bridgehead atoms. The molecular formula is C12H16BrNO2. The molecular weight excluding hydrogens is 270 g/mol. The summed E-state index contributed by atoms with van der Waals surface area (Å²) < 4.78 is 6.30. The van der Waals surface area contributed by atoms with Crippen molar-refractivity contribution in [1.29, 1.82) is 0 Å². The number of benzene rings is 1. The number of halogens is 1. The van der Waals surface area contributed by atoms with E-state index in [1.807, 2.05) is 18.2 Å². The summed E-state index contributed by atoms with van der Waals surface area (Å²) in [4.78, 5) is 2.25. The molecule has 0 aromatic heterocycles. The van der Waals surface area contributed by atoms with Crippen molar-refractivity contribution in [3.8, 4) is 5.75 Å². The number of nitrogens with zero attached hydrogens (tertiary/aromatic N) is 1. The minimum Gasteiger partial charge on any atom is -0.497 e. The molecule has 1 atom stereocenters. The molecule has 1 aliphatic heterocycles. The lowest BCUT2D eigenvalue weighted by Crippen LogP contribution is -2.21. The molecule has 16 heavy (non-hydrogen) atoms. The second-order valence-corrected chi connectivity index (χ2v) is 4.99. The first-order chi connectivity index (χ1) is 7.69. The topological polar surface area (TPSA) is 32.7 Å². The van der Waals surface area contributed by atoms with Crippen LogP contribution in [0.2, 0.25) is 0 Å². The van der Waals surface area contributed by atoms with Gasteiger partial charge in [0.1, 0.15) is 5.75 Å². The fourth-order valence-corrected chi connectivity index (χ4v) is 2.37. The molecule has 0 radical (unpaired) electrons. The van der Waals surface area contributed by atoms with E-state index < -0.39 is 0 Å². The summed E-state index contributed by atoms with van der Waals surface area (Å²) >= 11 is 3.54. The van der Waals surface area contributed by atoms with Crippen molar-refractivity contribution in [3.05, 3.63) is 28.2 Å². The second kappa shape index (κ2) is 5.17. The summed E-state index contributed by atoms with van der Waals surface area (Å²) in [5.41, 5.74) is 1.20. The SMILES string of the molecule is COc1ccc(Br)c(CN2CCC(O)C2)c1. The number of aliphatic hydroxyl groups excluding tert-OH is 1. The van der Waals surface area contributed by atoms with E-state index in [1.165, 1.54) is 5.56 Å². The number of ether oxygens (including phenoxy) is 1. The van der Waals surface area contributed by atoms with Gasteiger partial charge in [0.2, 0.25) is 0 Å². The predicted octanol–water partition coefficient (Wildman–Crippen LogP) is 2.02. The molecule has 1 aromatic carbocycles. The Balaban J connectivity index is 2.08. The quantitative estimate of drug-likeness (QED) is 0.922. The van der Waals surface area contributed by atoms with Crippen molar-refractivity contribution in [2.24, 2.45) is 0 Å². The smallest absolute Gasteiger partial charge is 0.119 e. The van der Waals surface area contributed by atoms with E-state index in [4.69, 9.17) is 4.74 Å². The van der Waals surface area contributed by atoms with Crippen LogP contribution < -0.4 is 4.74 Å². The van der Waals surface area contributed by atoms with Gasteiger partial charge in [-0.15, -0.1) is 0 Å². The number of β-amino-alcohol motifs (C(OH)–C–C–N with tert-alkyl or cyclic N) is 1. The average Bonchev–Trinajstić information content (AvgIpc) is 2.67. The second-order valence-electron chi connectivity index (χ2n) is 4.13. The molecule has 88 valence electrons. The number of methoxy groups -OCH3 is 1. The molecule has 1 aliphatic rings. The van der Waals surface area contributed by atoms with E-state index in [1.54, 1.807) is 7.11 Å². The molecule has 0 amide bonds. The van der Waals surface area contributed by atoms with Gasteiger partial charge < -0.3 is 9.84 Å². The highest BCUT2D eigenvalue weighted by atomic mass is 79.9. The molecule has 1 N–H and O–H groups in total. The highest BCUT2D eigenvalue weighted by molar-refractivity contribution is 9.10. The van der Waals surface area contributed by atoms with Crippen LogP contribution in [0.1, 0.15) is 12.0 Å². The fraction of sp³-hybridized carbons (Fsp3) is 0.500. The molecule has 0 saturated carbocycles. The van der Waals surface area contributed by atoms with Crippen LogP contribution in [0.5, 0.6) is 5.75 Å². The van der Waals surface area contributed by atoms with Crippen LogP contribution in [0.25, 0.3) is 0 Å². The van der Waals surface area contributed by atoms with Crippen LogP contribution in [0, 0.1) is 0 Å². The van der Waals surface area contributed by atoms with Crippen LogP contribution in [0.4, 0.5) is 0 Å². The van der Waals surface area contributed by atoms with E-state index in [0.29, 0.717) is 0 Å².